The number of rotatable bonds is 5. The van der Waals surface area contributed by atoms with E-state index in [0.29, 0.717) is 21.6 Å². The van der Waals surface area contributed by atoms with E-state index in [1.807, 2.05) is 51.1 Å². The molecule has 0 saturated carbocycles. The molecule has 184 valence electrons. The van der Waals surface area contributed by atoms with Gasteiger partial charge in [-0.25, -0.2) is 8.42 Å². The maximum atomic E-state index is 13.6. The largest absolute Gasteiger partial charge is 0.476 e. The third-order valence-corrected chi connectivity index (χ3v) is 8.52. The van der Waals surface area contributed by atoms with E-state index in [4.69, 9.17) is 4.74 Å². The number of nitrogens with zero attached hydrogens (tertiary/aromatic N) is 3. The van der Waals surface area contributed by atoms with Crippen LogP contribution in [0.1, 0.15) is 16.7 Å². The first-order chi connectivity index (χ1) is 17.2. The fourth-order valence-corrected chi connectivity index (χ4v) is 6.06. The van der Waals surface area contributed by atoms with Crippen molar-refractivity contribution in [2.45, 2.75) is 31.8 Å². The highest BCUT2D eigenvalue weighted by molar-refractivity contribution is 7.92. The Morgan fingerprint density at radius 1 is 0.944 bits per heavy atom. The molecule has 5 rings (SSSR count). The summed E-state index contributed by atoms with van der Waals surface area (Å²) < 4.78 is 34.4. The molecule has 1 aliphatic heterocycles. The van der Waals surface area contributed by atoms with Crippen LogP contribution in [0.3, 0.4) is 0 Å². The van der Waals surface area contributed by atoms with Crippen molar-refractivity contribution in [1.29, 1.82) is 0 Å². The van der Waals surface area contributed by atoms with Crippen LogP contribution in [0.5, 0.6) is 5.75 Å². The molecular formula is C26H24N4O4S2. The van der Waals surface area contributed by atoms with Crippen molar-refractivity contribution < 1.29 is 17.9 Å². The Kier molecular flexibility index (Phi) is 6.23. The number of hydrogen-bond donors (Lipinski definition) is 1. The molecule has 0 spiro atoms. The number of fused-ring (bicyclic) bond motifs is 1. The number of hydrogen-bond acceptors (Lipinski definition) is 7. The second-order valence-electron chi connectivity index (χ2n) is 8.69. The number of amides is 1. The van der Waals surface area contributed by atoms with Gasteiger partial charge in [-0.2, -0.15) is 0 Å². The molecule has 0 fully saturated rings. The zero-order valence-electron chi connectivity index (χ0n) is 19.9. The Hall–Kier alpha value is -3.76. The molecule has 1 aromatic heterocycles. The summed E-state index contributed by atoms with van der Waals surface area (Å²) in [4.78, 5) is 13.3. The third kappa shape index (κ3) is 4.69. The fraction of sp³-hybridized carbons (Fsp3) is 0.192. The summed E-state index contributed by atoms with van der Waals surface area (Å²) in [6.45, 7) is 5.59. The van der Waals surface area contributed by atoms with Gasteiger partial charge in [-0.15, -0.1) is 10.2 Å². The average Bonchev–Trinajstić information content (AvgIpc) is 3.32. The number of carbonyl (C=O) groups is 1. The van der Waals surface area contributed by atoms with E-state index in [1.165, 1.54) is 15.6 Å². The molecule has 2 heterocycles. The van der Waals surface area contributed by atoms with Crippen molar-refractivity contribution in [2.75, 3.05) is 16.2 Å². The molecule has 36 heavy (non-hydrogen) atoms. The minimum atomic E-state index is -3.94. The Balaban J connectivity index is 1.42. The molecule has 1 aliphatic rings. The van der Waals surface area contributed by atoms with E-state index in [1.54, 1.807) is 36.4 Å². The van der Waals surface area contributed by atoms with Gasteiger partial charge in [0.2, 0.25) is 5.13 Å². The number of sulfonamides is 1. The van der Waals surface area contributed by atoms with Crippen molar-refractivity contribution in [3.05, 3.63) is 83.4 Å². The van der Waals surface area contributed by atoms with Gasteiger partial charge in [0.1, 0.15) is 10.8 Å². The zero-order chi connectivity index (χ0) is 25.4. The first-order valence-corrected chi connectivity index (χ1v) is 13.5. The van der Waals surface area contributed by atoms with E-state index >= 15 is 0 Å². The molecule has 0 radical (unpaired) electrons. The molecule has 4 aromatic rings. The van der Waals surface area contributed by atoms with Crippen molar-refractivity contribution in [3.8, 4) is 16.3 Å². The summed E-state index contributed by atoms with van der Waals surface area (Å²) in [6, 6.07) is 19.7. The number of benzene rings is 3. The Bertz CT molecular complexity index is 1530. The van der Waals surface area contributed by atoms with E-state index in [-0.39, 0.29) is 11.4 Å². The van der Waals surface area contributed by atoms with Crippen LogP contribution in [-0.2, 0) is 14.8 Å². The highest BCUT2D eigenvalue weighted by Gasteiger charge is 2.38. The number of nitrogens with one attached hydrogen (secondary N) is 1. The number of carbonyl (C=O) groups excluding carboxylic acids is 1. The summed E-state index contributed by atoms with van der Waals surface area (Å²) in [6.07, 6.45) is -1.08. The standard InChI is InChI=1S/C26H24N4O4S2/c1-16-4-9-19(10-5-16)25-28-29-26(35-25)27-24(31)23-15-30(21-14-18(3)8-13-22(21)34-23)36(32,33)20-11-6-17(2)7-12-20/h4-14,23H,15H2,1-3H3,(H,27,29,31)/t23-/m1/s1. The first kappa shape index (κ1) is 24.0. The number of aromatic nitrogens is 2. The topological polar surface area (TPSA) is 101 Å². The lowest BCUT2D eigenvalue weighted by Crippen LogP contribution is -2.48. The minimum absolute atomic E-state index is 0.147. The molecule has 1 amide bonds. The molecule has 10 heteroatoms. The van der Waals surface area contributed by atoms with Gasteiger partial charge >= 0.3 is 0 Å². The Labute approximate surface area is 213 Å². The van der Waals surface area contributed by atoms with E-state index < -0.39 is 22.0 Å². The van der Waals surface area contributed by atoms with Crippen molar-refractivity contribution in [2.24, 2.45) is 0 Å². The van der Waals surface area contributed by atoms with Crippen LogP contribution in [0.15, 0.2) is 71.6 Å². The quantitative estimate of drug-likeness (QED) is 0.408. The van der Waals surface area contributed by atoms with Crippen molar-refractivity contribution in [3.63, 3.8) is 0 Å². The Morgan fingerprint density at radius 3 is 2.28 bits per heavy atom. The van der Waals surface area contributed by atoms with Gasteiger partial charge in [0.05, 0.1) is 17.1 Å². The molecule has 0 bridgehead atoms. The summed E-state index contributed by atoms with van der Waals surface area (Å²) in [5, 5.41) is 12.0. The molecule has 0 aliphatic carbocycles. The summed E-state index contributed by atoms with van der Waals surface area (Å²) in [5.41, 5.74) is 4.25. The van der Waals surface area contributed by atoms with Crippen LogP contribution >= 0.6 is 11.3 Å². The molecule has 8 nitrogen and oxygen atoms in total. The number of anilines is 2. The molecule has 0 saturated heterocycles. The lowest BCUT2D eigenvalue weighted by molar-refractivity contribution is -0.122. The summed E-state index contributed by atoms with van der Waals surface area (Å²) in [7, 11) is -3.94. The molecule has 0 unspecified atom stereocenters. The second-order valence-corrected chi connectivity index (χ2v) is 11.5. The lowest BCUT2D eigenvalue weighted by Gasteiger charge is -2.34. The van der Waals surface area contributed by atoms with Gasteiger partial charge in [0.25, 0.3) is 15.9 Å². The maximum Gasteiger partial charge on any atom is 0.269 e. The SMILES string of the molecule is Cc1ccc(-c2nnc(NC(=O)[C@H]3CN(S(=O)(=O)c4ccc(C)cc4)c4cc(C)ccc4O3)s2)cc1. The van der Waals surface area contributed by atoms with Gasteiger partial charge in [-0.1, -0.05) is 64.9 Å². The maximum absolute atomic E-state index is 13.6. The predicted molar refractivity (Wildman–Crippen MR) is 140 cm³/mol. The van der Waals surface area contributed by atoms with E-state index in [2.05, 4.69) is 15.5 Å². The lowest BCUT2D eigenvalue weighted by atomic mass is 10.1. The van der Waals surface area contributed by atoms with Crippen LogP contribution < -0.4 is 14.4 Å². The number of aryl methyl sites for hydroxylation is 3. The molecule has 3 aromatic carbocycles. The predicted octanol–water partition coefficient (Wildman–Crippen LogP) is 4.73. The van der Waals surface area contributed by atoms with Crippen molar-refractivity contribution in [1.82, 2.24) is 10.2 Å². The van der Waals surface area contributed by atoms with Gasteiger partial charge < -0.3 is 4.74 Å². The highest BCUT2D eigenvalue weighted by atomic mass is 32.2. The summed E-state index contributed by atoms with van der Waals surface area (Å²) in [5.74, 6) is -0.183. The molecule has 1 N–H and O–H groups in total. The average molecular weight is 521 g/mol. The van der Waals surface area contributed by atoms with Gasteiger partial charge in [0.15, 0.2) is 6.10 Å². The summed E-state index contributed by atoms with van der Waals surface area (Å²) >= 11 is 1.23. The molecule has 1 atom stereocenters. The van der Waals surface area contributed by atoms with Crippen LogP contribution in [0.25, 0.3) is 10.6 Å². The highest BCUT2D eigenvalue weighted by Crippen LogP contribution is 2.38. The normalized spacial score (nSPS) is 15.2. The van der Waals surface area contributed by atoms with Crippen LogP contribution in [-0.4, -0.2) is 37.2 Å². The number of ether oxygens (including phenoxy) is 1. The van der Waals surface area contributed by atoms with Crippen molar-refractivity contribution >= 4 is 38.1 Å². The smallest absolute Gasteiger partial charge is 0.269 e. The van der Waals surface area contributed by atoms with Crippen LogP contribution in [0, 0.1) is 20.8 Å². The monoisotopic (exact) mass is 520 g/mol. The van der Waals surface area contributed by atoms with Gasteiger partial charge in [-0.3, -0.25) is 14.4 Å². The zero-order valence-corrected chi connectivity index (χ0v) is 21.6. The van der Waals surface area contributed by atoms with Crippen LogP contribution in [0.2, 0.25) is 0 Å². The van der Waals surface area contributed by atoms with Gasteiger partial charge in [0, 0.05) is 5.56 Å². The first-order valence-electron chi connectivity index (χ1n) is 11.3. The minimum Gasteiger partial charge on any atom is -0.476 e. The van der Waals surface area contributed by atoms with E-state index in [9.17, 15) is 13.2 Å². The Morgan fingerprint density at radius 2 is 1.58 bits per heavy atom. The molecular weight excluding hydrogens is 496 g/mol. The van der Waals surface area contributed by atoms with Gasteiger partial charge in [-0.05, 0) is 50.6 Å². The fourth-order valence-electron chi connectivity index (χ4n) is 3.84. The third-order valence-electron chi connectivity index (χ3n) is 5.84. The van der Waals surface area contributed by atoms with Crippen LogP contribution in [0.4, 0.5) is 10.8 Å². The second kappa shape index (κ2) is 9.36. The van der Waals surface area contributed by atoms with E-state index in [0.717, 1.165) is 22.3 Å².